The number of nitrogens with zero attached hydrogens (tertiary/aromatic N) is 3. The molecule has 120 valence electrons. The molecule has 0 spiro atoms. The van der Waals surface area contributed by atoms with Crippen LogP contribution in [0.5, 0.6) is 0 Å². The van der Waals surface area contributed by atoms with Crippen molar-refractivity contribution in [2.75, 3.05) is 19.3 Å². The van der Waals surface area contributed by atoms with Gasteiger partial charge < -0.3 is 0 Å². The molecule has 2 aromatic heterocycles. The lowest BCUT2D eigenvalue weighted by Gasteiger charge is -2.32. The molecular formula is C14H20N4O2S2. The Kier molecular flexibility index (Phi) is 4.60. The van der Waals surface area contributed by atoms with Crippen LogP contribution in [0.3, 0.4) is 0 Å². The smallest absolute Gasteiger partial charge is 0.178 e. The van der Waals surface area contributed by atoms with Gasteiger partial charge in [0.15, 0.2) is 9.84 Å². The van der Waals surface area contributed by atoms with Crippen molar-refractivity contribution in [3.63, 3.8) is 0 Å². The summed E-state index contributed by atoms with van der Waals surface area (Å²) >= 11 is 1.62. The average Bonchev–Trinajstić information content (AvgIpc) is 3.10. The third kappa shape index (κ3) is 3.74. The van der Waals surface area contributed by atoms with Gasteiger partial charge in [0.1, 0.15) is 4.90 Å². The molecule has 3 rings (SSSR count). The van der Waals surface area contributed by atoms with Gasteiger partial charge in [-0.15, -0.1) is 11.3 Å². The molecule has 1 aliphatic heterocycles. The molecule has 1 fully saturated rings. The predicted molar refractivity (Wildman–Crippen MR) is 85.5 cm³/mol. The van der Waals surface area contributed by atoms with Crippen molar-refractivity contribution in [3.8, 4) is 0 Å². The molecule has 8 heteroatoms. The summed E-state index contributed by atoms with van der Waals surface area (Å²) in [6.45, 7) is 2.93. The first-order chi connectivity index (χ1) is 10.5. The van der Waals surface area contributed by atoms with Crippen LogP contribution in [0, 0.1) is 5.92 Å². The summed E-state index contributed by atoms with van der Waals surface area (Å²) in [6, 6.07) is 0. The van der Waals surface area contributed by atoms with Crippen molar-refractivity contribution in [3.05, 3.63) is 28.5 Å². The van der Waals surface area contributed by atoms with E-state index in [0.717, 1.165) is 50.3 Å². The monoisotopic (exact) mass is 340 g/mol. The molecule has 3 heterocycles. The average molecular weight is 340 g/mol. The number of H-pyrrole nitrogens is 1. The quantitative estimate of drug-likeness (QED) is 0.897. The molecule has 2 aromatic rings. The highest BCUT2D eigenvalue weighted by atomic mass is 32.2. The Morgan fingerprint density at radius 1 is 1.50 bits per heavy atom. The van der Waals surface area contributed by atoms with E-state index in [9.17, 15) is 8.42 Å². The summed E-state index contributed by atoms with van der Waals surface area (Å²) in [6.07, 6.45) is 5.64. The van der Waals surface area contributed by atoms with E-state index in [-0.39, 0.29) is 0 Å². The van der Waals surface area contributed by atoms with Crippen LogP contribution in [0.15, 0.2) is 22.0 Å². The lowest BCUT2D eigenvalue weighted by atomic mass is 9.93. The third-order valence-corrected chi connectivity index (χ3v) is 5.83. The summed E-state index contributed by atoms with van der Waals surface area (Å²) in [5.41, 5.74) is 3.71. The van der Waals surface area contributed by atoms with Crippen molar-refractivity contribution < 1.29 is 8.42 Å². The van der Waals surface area contributed by atoms with Gasteiger partial charge in [-0.25, -0.2) is 13.4 Å². The zero-order chi connectivity index (χ0) is 15.6. The predicted octanol–water partition coefficient (Wildman–Crippen LogP) is 1.72. The number of nitrogens with one attached hydrogen (secondary N) is 1. The van der Waals surface area contributed by atoms with Gasteiger partial charge in [-0.3, -0.25) is 10.00 Å². The number of likely N-dealkylation sites (tertiary alicyclic amines) is 1. The van der Waals surface area contributed by atoms with E-state index in [2.05, 4.69) is 25.5 Å². The zero-order valence-corrected chi connectivity index (χ0v) is 14.2. The van der Waals surface area contributed by atoms with E-state index in [1.54, 1.807) is 11.3 Å². The highest BCUT2D eigenvalue weighted by Gasteiger charge is 2.24. The van der Waals surface area contributed by atoms with Gasteiger partial charge in [0, 0.05) is 24.7 Å². The van der Waals surface area contributed by atoms with Crippen LogP contribution in [0.2, 0.25) is 0 Å². The Morgan fingerprint density at radius 2 is 2.36 bits per heavy atom. The fraction of sp³-hybridized carbons (Fsp3) is 0.571. The standard InChI is InChI=1S/C14H20N4O2S2/c1-22(19,20)14-6-16-17-13(14)5-11-3-2-4-18(7-11)8-12-9-21-10-15-12/h6,9-11H,2-5,7-8H2,1H3,(H,16,17)/t11-/m0/s1. The van der Waals surface area contributed by atoms with Gasteiger partial charge in [-0.05, 0) is 31.7 Å². The Morgan fingerprint density at radius 3 is 3.09 bits per heavy atom. The Labute approximate surface area is 134 Å². The largest absolute Gasteiger partial charge is 0.297 e. The maximum atomic E-state index is 11.8. The molecule has 0 amide bonds. The summed E-state index contributed by atoms with van der Waals surface area (Å²) in [5.74, 6) is 0.452. The summed E-state index contributed by atoms with van der Waals surface area (Å²) in [4.78, 5) is 7.08. The van der Waals surface area contributed by atoms with Crippen LogP contribution in [0.1, 0.15) is 24.2 Å². The zero-order valence-electron chi connectivity index (χ0n) is 12.5. The van der Waals surface area contributed by atoms with Gasteiger partial charge in [0.05, 0.1) is 23.1 Å². The van der Waals surface area contributed by atoms with Crippen molar-refractivity contribution >= 4 is 21.2 Å². The van der Waals surface area contributed by atoms with Gasteiger partial charge >= 0.3 is 0 Å². The second kappa shape index (κ2) is 6.47. The molecule has 0 aromatic carbocycles. The third-order valence-electron chi connectivity index (χ3n) is 4.04. The molecule has 0 unspecified atom stereocenters. The van der Waals surface area contributed by atoms with Crippen LogP contribution in [-0.4, -0.2) is 47.8 Å². The van der Waals surface area contributed by atoms with Gasteiger partial charge in [-0.2, -0.15) is 5.10 Å². The first kappa shape index (κ1) is 15.6. The highest BCUT2D eigenvalue weighted by Crippen LogP contribution is 2.24. The van der Waals surface area contributed by atoms with Gasteiger partial charge in [0.2, 0.25) is 0 Å². The fourth-order valence-corrected chi connectivity index (χ4v) is 4.43. The maximum absolute atomic E-state index is 11.8. The van der Waals surface area contributed by atoms with Crippen molar-refractivity contribution in [2.24, 2.45) is 5.92 Å². The molecule has 0 bridgehead atoms. The lowest BCUT2D eigenvalue weighted by molar-refractivity contribution is 0.164. The molecule has 6 nitrogen and oxygen atoms in total. The van der Waals surface area contributed by atoms with Crippen LogP contribution < -0.4 is 0 Å². The van der Waals surface area contributed by atoms with Gasteiger partial charge in [-0.1, -0.05) is 0 Å². The van der Waals surface area contributed by atoms with Crippen LogP contribution in [-0.2, 0) is 22.8 Å². The van der Waals surface area contributed by atoms with Crippen LogP contribution >= 0.6 is 11.3 Å². The highest BCUT2D eigenvalue weighted by molar-refractivity contribution is 7.90. The molecular weight excluding hydrogens is 320 g/mol. The molecule has 1 atom stereocenters. The summed E-state index contributed by atoms with van der Waals surface area (Å²) in [7, 11) is -3.21. The van der Waals surface area contributed by atoms with E-state index >= 15 is 0 Å². The fourth-order valence-electron chi connectivity index (χ4n) is 3.06. The van der Waals surface area contributed by atoms with Crippen molar-refractivity contribution in [2.45, 2.75) is 30.7 Å². The molecule has 0 saturated carbocycles. The minimum absolute atomic E-state index is 0.337. The van der Waals surface area contributed by atoms with Crippen LogP contribution in [0.25, 0.3) is 0 Å². The van der Waals surface area contributed by atoms with Crippen LogP contribution in [0.4, 0.5) is 0 Å². The lowest BCUT2D eigenvalue weighted by Crippen LogP contribution is -2.36. The summed E-state index contributed by atoms with van der Waals surface area (Å²) in [5, 5.41) is 8.85. The van der Waals surface area contributed by atoms with E-state index in [0.29, 0.717) is 10.8 Å². The van der Waals surface area contributed by atoms with Crippen molar-refractivity contribution in [1.29, 1.82) is 0 Å². The SMILES string of the molecule is CS(=O)(=O)c1cn[nH]c1C[C@@H]1CCCN(Cc2cscn2)C1. The molecule has 1 saturated heterocycles. The molecule has 22 heavy (non-hydrogen) atoms. The number of sulfone groups is 1. The van der Waals surface area contributed by atoms with E-state index in [1.807, 2.05) is 5.51 Å². The van der Waals surface area contributed by atoms with E-state index < -0.39 is 9.84 Å². The first-order valence-electron chi connectivity index (χ1n) is 7.34. The Hall–Kier alpha value is -1.25. The number of aromatic nitrogens is 3. The minimum atomic E-state index is -3.21. The van der Waals surface area contributed by atoms with Gasteiger partial charge in [0.25, 0.3) is 0 Å². The first-order valence-corrected chi connectivity index (χ1v) is 10.2. The normalized spacial score (nSPS) is 20.3. The molecule has 0 radical (unpaired) electrons. The Balaban J connectivity index is 1.64. The topological polar surface area (TPSA) is 79.0 Å². The van der Waals surface area contributed by atoms with Crippen molar-refractivity contribution in [1.82, 2.24) is 20.1 Å². The summed E-state index contributed by atoms with van der Waals surface area (Å²) < 4.78 is 23.5. The molecule has 1 N–H and O–H groups in total. The second-order valence-corrected chi connectivity index (χ2v) is 8.62. The number of rotatable bonds is 5. The number of hydrogen-bond donors (Lipinski definition) is 1. The second-order valence-electron chi connectivity index (χ2n) is 5.91. The maximum Gasteiger partial charge on any atom is 0.178 e. The number of hydrogen-bond acceptors (Lipinski definition) is 6. The Bertz CT molecular complexity index is 709. The number of thiazole rings is 1. The number of aromatic amines is 1. The minimum Gasteiger partial charge on any atom is -0.297 e. The number of piperidine rings is 1. The van der Waals surface area contributed by atoms with E-state index in [1.165, 1.54) is 12.5 Å². The molecule has 1 aliphatic rings. The van der Waals surface area contributed by atoms with E-state index in [4.69, 9.17) is 0 Å². The molecule has 0 aliphatic carbocycles.